The van der Waals surface area contributed by atoms with E-state index in [1.54, 1.807) is 0 Å². The Kier molecular flexibility index (Phi) is 4.90. The maximum Gasteiger partial charge on any atom is 0.127 e. The number of halogens is 2. The van der Waals surface area contributed by atoms with E-state index >= 15 is 0 Å². The summed E-state index contributed by atoms with van der Waals surface area (Å²) in [7, 11) is 0. The molecular formula is C16H21BrClNO. The summed E-state index contributed by atoms with van der Waals surface area (Å²) in [5, 5.41) is 3.97. The number of alkyl halides is 1. The lowest BCUT2D eigenvalue weighted by atomic mass is 9.89. The molecule has 4 heteroatoms. The van der Waals surface area contributed by atoms with Crippen LogP contribution in [0.2, 0.25) is 0 Å². The van der Waals surface area contributed by atoms with E-state index in [9.17, 15) is 0 Å². The molecule has 2 nitrogen and oxygen atoms in total. The largest absolute Gasteiger partial charge is 0.493 e. The molecule has 110 valence electrons. The van der Waals surface area contributed by atoms with Crippen LogP contribution in [0.1, 0.15) is 36.8 Å². The number of hydrogen-bond donors (Lipinski definition) is 1. The first-order valence-corrected chi connectivity index (χ1v) is 8.74. The van der Waals surface area contributed by atoms with Gasteiger partial charge in [-0.1, -0.05) is 22.4 Å². The third-order valence-corrected chi connectivity index (χ3v) is 5.15. The molecule has 2 atom stereocenters. The standard InChI is InChI=1S/C16H21BrClNO/c17-14-7-12-4-5-20-16(12)13(8-14)10-19-9-11-2-1-3-15(18)6-11/h7-8,11,15,19H,1-6,9-10H2. The molecule has 1 aliphatic carbocycles. The number of fused-ring (bicyclic) bond motifs is 1. The minimum absolute atomic E-state index is 0.383. The van der Waals surface area contributed by atoms with E-state index in [0.29, 0.717) is 5.38 Å². The number of benzene rings is 1. The highest BCUT2D eigenvalue weighted by molar-refractivity contribution is 9.10. The molecule has 0 spiro atoms. The van der Waals surface area contributed by atoms with Crippen molar-refractivity contribution in [1.82, 2.24) is 5.32 Å². The topological polar surface area (TPSA) is 21.3 Å². The Morgan fingerprint density at radius 2 is 2.25 bits per heavy atom. The number of hydrogen-bond acceptors (Lipinski definition) is 2. The fraction of sp³-hybridized carbons (Fsp3) is 0.625. The number of nitrogens with one attached hydrogen (secondary N) is 1. The molecule has 0 radical (unpaired) electrons. The summed E-state index contributed by atoms with van der Waals surface area (Å²) < 4.78 is 6.91. The zero-order valence-corrected chi connectivity index (χ0v) is 14.0. The summed E-state index contributed by atoms with van der Waals surface area (Å²) >= 11 is 9.84. The van der Waals surface area contributed by atoms with E-state index in [1.807, 2.05) is 0 Å². The summed E-state index contributed by atoms with van der Waals surface area (Å²) in [6.45, 7) is 2.76. The second-order valence-corrected chi connectivity index (χ2v) is 7.45. The second kappa shape index (κ2) is 6.67. The van der Waals surface area contributed by atoms with Crippen molar-refractivity contribution >= 4 is 27.5 Å². The van der Waals surface area contributed by atoms with Crippen LogP contribution in [0.3, 0.4) is 0 Å². The molecule has 0 saturated heterocycles. The van der Waals surface area contributed by atoms with E-state index in [-0.39, 0.29) is 0 Å². The van der Waals surface area contributed by atoms with Crippen molar-refractivity contribution < 1.29 is 4.74 Å². The Hall–Kier alpha value is -0.250. The molecule has 1 aromatic rings. The van der Waals surface area contributed by atoms with Crippen LogP contribution >= 0.6 is 27.5 Å². The molecule has 1 aliphatic heterocycles. The van der Waals surface area contributed by atoms with Crippen molar-refractivity contribution in [3.05, 3.63) is 27.7 Å². The fourth-order valence-electron chi connectivity index (χ4n) is 3.30. The molecule has 1 fully saturated rings. The van der Waals surface area contributed by atoms with Crippen molar-refractivity contribution in [2.45, 2.75) is 44.0 Å². The van der Waals surface area contributed by atoms with Gasteiger partial charge in [-0.2, -0.15) is 0 Å². The van der Waals surface area contributed by atoms with Crippen molar-refractivity contribution in [3.8, 4) is 5.75 Å². The third-order valence-electron chi connectivity index (χ3n) is 4.29. The zero-order valence-electron chi connectivity index (χ0n) is 11.6. The Morgan fingerprint density at radius 3 is 3.10 bits per heavy atom. The van der Waals surface area contributed by atoms with Crippen molar-refractivity contribution in [3.63, 3.8) is 0 Å². The minimum atomic E-state index is 0.383. The number of rotatable bonds is 4. The summed E-state index contributed by atoms with van der Waals surface area (Å²) in [5.41, 5.74) is 2.60. The number of ether oxygens (including phenoxy) is 1. The third kappa shape index (κ3) is 3.49. The first-order valence-electron chi connectivity index (χ1n) is 7.51. The lowest BCUT2D eigenvalue weighted by molar-refractivity contribution is 0.339. The van der Waals surface area contributed by atoms with E-state index in [0.717, 1.165) is 48.7 Å². The maximum absolute atomic E-state index is 6.25. The van der Waals surface area contributed by atoms with Gasteiger partial charge in [-0.05, 0) is 49.4 Å². The second-order valence-electron chi connectivity index (χ2n) is 5.91. The van der Waals surface area contributed by atoms with Crippen LogP contribution in [-0.4, -0.2) is 18.5 Å². The Labute approximate surface area is 134 Å². The highest BCUT2D eigenvalue weighted by Gasteiger charge is 2.21. The van der Waals surface area contributed by atoms with Crippen LogP contribution < -0.4 is 10.1 Å². The zero-order chi connectivity index (χ0) is 13.9. The molecule has 3 rings (SSSR count). The highest BCUT2D eigenvalue weighted by atomic mass is 79.9. The predicted molar refractivity (Wildman–Crippen MR) is 86.6 cm³/mol. The molecule has 1 heterocycles. The molecule has 2 unspecified atom stereocenters. The smallest absolute Gasteiger partial charge is 0.127 e. The average Bonchev–Trinajstić information content (AvgIpc) is 2.87. The van der Waals surface area contributed by atoms with Gasteiger partial charge in [0, 0.05) is 28.4 Å². The highest BCUT2D eigenvalue weighted by Crippen LogP contribution is 2.33. The Bertz CT molecular complexity index is 480. The minimum Gasteiger partial charge on any atom is -0.493 e. The summed E-state index contributed by atoms with van der Waals surface area (Å²) in [6.07, 6.45) is 5.95. The molecule has 1 saturated carbocycles. The summed E-state index contributed by atoms with van der Waals surface area (Å²) in [5.74, 6) is 1.83. The quantitative estimate of drug-likeness (QED) is 0.812. The summed E-state index contributed by atoms with van der Waals surface area (Å²) in [6, 6.07) is 4.34. The average molecular weight is 359 g/mol. The van der Waals surface area contributed by atoms with E-state index in [4.69, 9.17) is 16.3 Å². The van der Waals surface area contributed by atoms with Gasteiger partial charge in [0.2, 0.25) is 0 Å². The molecule has 20 heavy (non-hydrogen) atoms. The fourth-order valence-corrected chi connectivity index (χ4v) is 4.26. The van der Waals surface area contributed by atoms with E-state index in [1.165, 1.54) is 30.4 Å². The van der Waals surface area contributed by atoms with Crippen molar-refractivity contribution in [2.24, 2.45) is 5.92 Å². The predicted octanol–water partition coefficient (Wildman–Crippen LogP) is 4.27. The first-order chi connectivity index (χ1) is 9.72. The molecule has 0 aromatic heterocycles. The van der Waals surface area contributed by atoms with Gasteiger partial charge in [-0.25, -0.2) is 0 Å². The van der Waals surface area contributed by atoms with Gasteiger partial charge >= 0.3 is 0 Å². The lowest BCUT2D eigenvalue weighted by Gasteiger charge is -2.25. The van der Waals surface area contributed by atoms with E-state index < -0.39 is 0 Å². The van der Waals surface area contributed by atoms with Crippen LogP contribution in [0, 0.1) is 5.92 Å². The van der Waals surface area contributed by atoms with Gasteiger partial charge in [0.05, 0.1) is 6.61 Å². The van der Waals surface area contributed by atoms with Crippen LogP contribution in [0.25, 0.3) is 0 Å². The molecule has 1 aromatic carbocycles. The molecule has 0 bridgehead atoms. The van der Waals surface area contributed by atoms with Crippen LogP contribution in [-0.2, 0) is 13.0 Å². The van der Waals surface area contributed by atoms with Gasteiger partial charge in [-0.15, -0.1) is 11.6 Å². The van der Waals surface area contributed by atoms with E-state index in [2.05, 4.69) is 33.4 Å². The van der Waals surface area contributed by atoms with Crippen LogP contribution in [0.15, 0.2) is 16.6 Å². The van der Waals surface area contributed by atoms with Gasteiger partial charge in [0.25, 0.3) is 0 Å². The van der Waals surface area contributed by atoms with Gasteiger partial charge in [0.15, 0.2) is 0 Å². The van der Waals surface area contributed by atoms with Crippen molar-refractivity contribution in [1.29, 1.82) is 0 Å². The van der Waals surface area contributed by atoms with Gasteiger partial charge in [-0.3, -0.25) is 0 Å². The van der Waals surface area contributed by atoms with Crippen LogP contribution in [0.5, 0.6) is 5.75 Å². The maximum atomic E-state index is 6.25. The lowest BCUT2D eigenvalue weighted by Crippen LogP contribution is -2.27. The van der Waals surface area contributed by atoms with Gasteiger partial charge < -0.3 is 10.1 Å². The molecule has 2 aliphatic rings. The molecule has 0 amide bonds. The first kappa shape index (κ1) is 14.7. The van der Waals surface area contributed by atoms with Crippen LogP contribution in [0.4, 0.5) is 0 Å². The SMILES string of the molecule is ClC1CCCC(CNCc2cc(Br)cc3c2OCC3)C1. The Balaban J connectivity index is 1.56. The Morgan fingerprint density at radius 1 is 1.35 bits per heavy atom. The molecule has 1 N–H and O–H groups in total. The summed E-state index contributed by atoms with van der Waals surface area (Å²) in [4.78, 5) is 0. The van der Waals surface area contributed by atoms with Gasteiger partial charge in [0.1, 0.15) is 5.75 Å². The normalized spacial score (nSPS) is 25.3. The van der Waals surface area contributed by atoms with Crippen molar-refractivity contribution in [2.75, 3.05) is 13.2 Å². The molecular weight excluding hydrogens is 338 g/mol. The monoisotopic (exact) mass is 357 g/mol.